The lowest BCUT2D eigenvalue weighted by molar-refractivity contribution is 0.0526. The minimum absolute atomic E-state index is 0.149. The number of nitrogens with zero attached hydrogens (tertiary/aromatic N) is 1. The summed E-state index contributed by atoms with van der Waals surface area (Å²) in [4.78, 5) is 40.6. The average molecular weight is 460 g/mol. The highest BCUT2D eigenvalue weighted by Gasteiger charge is 2.30. The van der Waals surface area contributed by atoms with Gasteiger partial charge in [-0.25, -0.2) is 4.79 Å². The van der Waals surface area contributed by atoms with Gasteiger partial charge in [0.2, 0.25) is 0 Å². The van der Waals surface area contributed by atoms with Crippen molar-refractivity contribution in [1.29, 1.82) is 0 Å². The lowest BCUT2D eigenvalue weighted by Gasteiger charge is -2.25. The second kappa shape index (κ2) is 8.82. The highest BCUT2D eigenvalue weighted by molar-refractivity contribution is 7.16. The standard InChI is InChI=1S/C22H22ClN3O4S/c1-3-26-10-9-14-15(11-26)31-21(16(14)22(29)30-4-2)25-18-17(19(27)20(18)28)24-13-7-5-12(23)6-8-13/h5-8,24-25H,3-4,9-11H2,1-2H3. The second-order valence-corrected chi connectivity index (χ2v) is 8.75. The number of fused-ring (bicyclic) bond motifs is 1. The molecule has 0 amide bonds. The Bertz CT molecular complexity index is 1200. The van der Waals surface area contributed by atoms with Gasteiger partial charge in [0.15, 0.2) is 0 Å². The Morgan fingerprint density at radius 1 is 1.13 bits per heavy atom. The van der Waals surface area contributed by atoms with Crippen LogP contribution in [0.3, 0.4) is 0 Å². The van der Waals surface area contributed by atoms with Crippen molar-refractivity contribution in [3.8, 4) is 0 Å². The summed E-state index contributed by atoms with van der Waals surface area (Å²) in [5.41, 5.74) is 1.15. The van der Waals surface area contributed by atoms with Crippen LogP contribution in [0.5, 0.6) is 0 Å². The van der Waals surface area contributed by atoms with E-state index in [1.165, 1.54) is 11.3 Å². The molecule has 0 bridgehead atoms. The van der Waals surface area contributed by atoms with Gasteiger partial charge in [-0.2, -0.15) is 0 Å². The maximum Gasteiger partial charge on any atom is 0.341 e. The summed E-state index contributed by atoms with van der Waals surface area (Å²) < 4.78 is 5.28. The van der Waals surface area contributed by atoms with Gasteiger partial charge in [0.25, 0.3) is 10.9 Å². The molecule has 9 heteroatoms. The number of halogens is 1. The van der Waals surface area contributed by atoms with Crippen molar-refractivity contribution in [3.05, 3.63) is 65.7 Å². The molecule has 4 rings (SSSR count). The van der Waals surface area contributed by atoms with Gasteiger partial charge in [0.05, 0.1) is 12.2 Å². The number of carbonyl (C=O) groups is 1. The molecule has 1 aliphatic rings. The van der Waals surface area contributed by atoms with E-state index in [4.69, 9.17) is 16.3 Å². The predicted molar refractivity (Wildman–Crippen MR) is 124 cm³/mol. The van der Waals surface area contributed by atoms with Crippen LogP contribution in [0.25, 0.3) is 0 Å². The summed E-state index contributed by atoms with van der Waals surface area (Å²) in [7, 11) is 0. The minimum atomic E-state index is -0.618. The first-order valence-corrected chi connectivity index (χ1v) is 11.3. The van der Waals surface area contributed by atoms with Gasteiger partial charge in [0, 0.05) is 28.7 Å². The smallest absolute Gasteiger partial charge is 0.341 e. The Balaban J connectivity index is 1.68. The summed E-state index contributed by atoms with van der Waals surface area (Å²) in [6.45, 7) is 6.63. The summed E-state index contributed by atoms with van der Waals surface area (Å²) in [5, 5.41) is 7.14. The maximum absolute atomic E-state index is 12.7. The average Bonchev–Trinajstić information content (AvgIpc) is 3.14. The Morgan fingerprint density at radius 3 is 2.45 bits per heavy atom. The van der Waals surface area contributed by atoms with Gasteiger partial charge in [0.1, 0.15) is 16.4 Å². The number of hydrogen-bond acceptors (Lipinski definition) is 8. The molecule has 2 N–H and O–H groups in total. The minimum Gasteiger partial charge on any atom is -0.462 e. The number of thiophene rings is 1. The second-order valence-electron chi connectivity index (χ2n) is 7.21. The molecule has 2 aromatic carbocycles. The van der Waals surface area contributed by atoms with Gasteiger partial charge < -0.3 is 15.4 Å². The Kier molecular flexibility index (Phi) is 6.13. The molecule has 0 saturated heterocycles. The van der Waals surface area contributed by atoms with E-state index in [0.29, 0.717) is 21.3 Å². The van der Waals surface area contributed by atoms with Crippen LogP contribution in [0, 0.1) is 0 Å². The molecule has 2 heterocycles. The van der Waals surface area contributed by atoms with Crippen LogP contribution in [0.1, 0.15) is 34.6 Å². The molecule has 0 atom stereocenters. The van der Waals surface area contributed by atoms with Crippen molar-refractivity contribution in [2.75, 3.05) is 30.3 Å². The van der Waals surface area contributed by atoms with Crippen LogP contribution in [-0.2, 0) is 17.7 Å². The third kappa shape index (κ3) is 4.11. The topological polar surface area (TPSA) is 87.7 Å². The maximum atomic E-state index is 12.7. The van der Waals surface area contributed by atoms with Crippen LogP contribution in [0.4, 0.5) is 22.1 Å². The Labute approximate surface area is 188 Å². The molecular weight excluding hydrogens is 438 g/mol. The van der Waals surface area contributed by atoms with Crippen LogP contribution in [0.2, 0.25) is 5.02 Å². The number of esters is 1. The zero-order valence-corrected chi connectivity index (χ0v) is 18.8. The zero-order valence-electron chi connectivity index (χ0n) is 17.2. The summed E-state index contributed by atoms with van der Waals surface area (Å²) in [6.07, 6.45) is 0.733. The van der Waals surface area contributed by atoms with Crippen molar-refractivity contribution in [3.63, 3.8) is 0 Å². The van der Waals surface area contributed by atoms with Crippen molar-refractivity contribution >= 4 is 51.0 Å². The monoisotopic (exact) mass is 459 g/mol. The van der Waals surface area contributed by atoms with Gasteiger partial charge >= 0.3 is 5.97 Å². The lowest BCUT2D eigenvalue weighted by atomic mass is 10.0. The molecule has 0 radical (unpaired) electrons. The first-order valence-electron chi connectivity index (χ1n) is 10.1. The van der Waals surface area contributed by atoms with E-state index in [1.807, 2.05) is 0 Å². The zero-order chi connectivity index (χ0) is 22.1. The van der Waals surface area contributed by atoms with Gasteiger partial charge in [-0.15, -0.1) is 11.3 Å². The van der Waals surface area contributed by atoms with E-state index in [1.54, 1.807) is 31.2 Å². The van der Waals surface area contributed by atoms with Gasteiger partial charge in [-0.1, -0.05) is 18.5 Å². The number of ether oxygens (including phenoxy) is 1. The van der Waals surface area contributed by atoms with E-state index in [2.05, 4.69) is 22.5 Å². The summed E-state index contributed by atoms with van der Waals surface area (Å²) in [5.74, 6) is -0.418. The molecule has 3 aromatic rings. The highest BCUT2D eigenvalue weighted by Crippen LogP contribution is 2.39. The van der Waals surface area contributed by atoms with Crippen LogP contribution < -0.4 is 21.5 Å². The summed E-state index contributed by atoms with van der Waals surface area (Å²) in [6, 6.07) is 6.81. The van der Waals surface area contributed by atoms with E-state index < -0.39 is 16.8 Å². The normalized spacial score (nSPS) is 13.8. The molecule has 31 heavy (non-hydrogen) atoms. The fourth-order valence-electron chi connectivity index (χ4n) is 3.65. The number of nitrogens with one attached hydrogen (secondary N) is 2. The largest absolute Gasteiger partial charge is 0.462 e. The lowest BCUT2D eigenvalue weighted by Crippen LogP contribution is -2.35. The molecular formula is C22H22ClN3O4S. The first kappa shape index (κ1) is 21.5. The number of benzene rings is 1. The van der Waals surface area contributed by atoms with Crippen LogP contribution >= 0.6 is 22.9 Å². The third-order valence-electron chi connectivity index (χ3n) is 5.33. The molecule has 1 aliphatic heterocycles. The molecule has 0 spiro atoms. The number of anilines is 4. The highest BCUT2D eigenvalue weighted by atomic mass is 35.5. The molecule has 0 unspecified atom stereocenters. The molecule has 1 aromatic heterocycles. The quantitative estimate of drug-likeness (QED) is 0.407. The van der Waals surface area contributed by atoms with E-state index in [0.717, 1.165) is 36.5 Å². The fourth-order valence-corrected chi connectivity index (χ4v) is 5.06. The number of carbonyl (C=O) groups excluding carboxylic acids is 1. The van der Waals surface area contributed by atoms with Crippen molar-refractivity contribution in [2.24, 2.45) is 0 Å². The van der Waals surface area contributed by atoms with Crippen molar-refractivity contribution in [2.45, 2.75) is 26.8 Å². The number of likely N-dealkylation sites (N-methyl/N-ethyl adjacent to an activating group) is 1. The van der Waals surface area contributed by atoms with Crippen molar-refractivity contribution < 1.29 is 9.53 Å². The molecule has 0 aliphatic carbocycles. The summed E-state index contributed by atoms with van der Waals surface area (Å²) >= 11 is 7.34. The van der Waals surface area contributed by atoms with Crippen molar-refractivity contribution in [1.82, 2.24) is 4.90 Å². The Hall–Kier alpha value is -2.68. The van der Waals surface area contributed by atoms with E-state index >= 15 is 0 Å². The van der Waals surface area contributed by atoms with Crippen LogP contribution in [0.15, 0.2) is 33.9 Å². The predicted octanol–water partition coefficient (Wildman–Crippen LogP) is 4.04. The fraction of sp³-hybridized carbons (Fsp3) is 0.318. The van der Waals surface area contributed by atoms with Gasteiger partial charge in [-0.3, -0.25) is 14.5 Å². The molecule has 0 saturated carbocycles. The molecule has 162 valence electrons. The number of rotatable bonds is 7. The Morgan fingerprint density at radius 2 is 1.81 bits per heavy atom. The SMILES string of the molecule is CCOC(=O)c1c(Nc2c(Nc3ccc(Cl)cc3)c(=O)c2=O)sc2c1CCN(CC)C2. The third-order valence-corrected chi connectivity index (χ3v) is 6.71. The van der Waals surface area contributed by atoms with E-state index in [9.17, 15) is 14.4 Å². The van der Waals surface area contributed by atoms with Gasteiger partial charge in [-0.05, 0) is 49.7 Å². The first-order chi connectivity index (χ1) is 14.9. The van der Waals surface area contributed by atoms with Crippen LogP contribution in [-0.4, -0.2) is 30.6 Å². The molecule has 0 fully saturated rings. The number of hydrogen-bond donors (Lipinski definition) is 2. The molecule has 7 nitrogen and oxygen atoms in total. The van der Waals surface area contributed by atoms with E-state index in [-0.39, 0.29) is 18.0 Å².